The summed E-state index contributed by atoms with van der Waals surface area (Å²) in [5, 5.41) is 2.72. The summed E-state index contributed by atoms with van der Waals surface area (Å²) in [5.74, 6) is 0.940. The molecule has 6 nitrogen and oxygen atoms in total. The number of nitrogens with zero attached hydrogens (tertiary/aromatic N) is 3. The summed E-state index contributed by atoms with van der Waals surface area (Å²) in [5.41, 5.74) is 3.36. The zero-order chi connectivity index (χ0) is 23.7. The van der Waals surface area contributed by atoms with E-state index in [9.17, 15) is 9.59 Å². The lowest BCUT2D eigenvalue weighted by Crippen LogP contribution is -2.57. The number of carbonyl (C=O) groups excluding carboxylic acids is 2. The highest BCUT2D eigenvalue weighted by Crippen LogP contribution is 2.46. The SMILES string of the molecule is CNC(=O)N1CCC2(CC1)C(=O)N(CCCc1ccccc1)C(c1ccc(C3CC3)cc1)N2C. The number of hydrogen-bond donors (Lipinski definition) is 1. The van der Waals surface area contributed by atoms with Gasteiger partial charge in [-0.2, -0.15) is 0 Å². The molecule has 1 saturated carbocycles. The first-order valence-corrected chi connectivity index (χ1v) is 12.7. The third kappa shape index (κ3) is 4.20. The second-order valence-electron chi connectivity index (χ2n) is 10.1. The summed E-state index contributed by atoms with van der Waals surface area (Å²) in [6.45, 7) is 1.93. The van der Waals surface area contributed by atoms with Crippen LogP contribution in [0.1, 0.15) is 60.9 Å². The van der Waals surface area contributed by atoms with Gasteiger partial charge in [0.1, 0.15) is 11.7 Å². The number of urea groups is 1. The van der Waals surface area contributed by atoms with Crippen molar-refractivity contribution in [3.8, 4) is 0 Å². The van der Waals surface area contributed by atoms with Gasteiger partial charge in [-0.15, -0.1) is 0 Å². The molecule has 2 aliphatic heterocycles. The van der Waals surface area contributed by atoms with Crippen LogP contribution in [0, 0.1) is 0 Å². The molecule has 0 aromatic heterocycles. The van der Waals surface area contributed by atoms with Gasteiger partial charge in [-0.1, -0.05) is 54.6 Å². The van der Waals surface area contributed by atoms with Crippen molar-refractivity contribution in [2.24, 2.45) is 0 Å². The molecule has 3 aliphatic rings. The highest BCUT2D eigenvalue weighted by molar-refractivity contribution is 5.89. The van der Waals surface area contributed by atoms with Crippen LogP contribution in [0.5, 0.6) is 0 Å². The van der Waals surface area contributed by atoms with Crippen LogP contribution < -0.4 is 5.32 Å². The van der Waals surface area contributed by atoms with E-state index in [0.717, 1.165) is 25.3 Å². The number of carbonyl (C=O) groups is 2. The largest absolute Gasteiger partial charge is 0.341 e. The van der Waals surface area contributed by atoms with Crippen molar-refractivity contribution in [3.05, 3.63) is 71.3 Å². The van der Waals surface area contributed by atoms with Crippen LogP contribution in [0.2, 0.25) is 0 Å². The van der Waals surface area contributed by atoms with Crippen LogP contribution >= 0.6 is 0 Å². The van der Waals surface area contributed by atoms with Crippen molar-refractivity contribution in [1.29, 1.82) is 0 Å². The van der Waals surface area contributed by atoms with Gasteiger partial charge in [0.25, 0.3) is 0 Å². The van der Waals surface area contributed by atoms with Crippen molar-refractivity contribution < 1.29 is 9.59 Å². The van der Waals surface area contributed by atoms with E-state index in [1.165, 1.54) is 29.5 Å². The van der Waals surface area contributed by atoms with E-state index in [4.69, 9.17) is 0 Å². The Balaban J connectivity index is 1.38. The van der Waals surface area contributed by atoms with E-state index in [1.54, 1.807) is 7.05 Å². The zero-order valence-corrected chi connectivity index (χ0v) is 20.4. The van der Waals surface area contributed by atoms with Gasteiger partial charge in [-0.3, -0.25) is 9.69 Å². The highest BCUT2D eigenvalue weighted by atomic mass is 16.2. The Morgan fingerprint density at radius 2 is 1.65 bits per heavy atom. The second kappa shape index (κ2) is 9.41. The van der Waals surface area contributed by atoms with Crippen LogP contribution in [-0.4, -0.2) is 65.9 Å². The highest BCUT2D eigenvalue weighted by Gasteiger charge is 2.56. The Morgan fingerprint density at radius 3 is 2.26 bits per heavy atom. The normalized spacial score (nSPS) is 22.4. The molecule has 2 aromatic rings. The predicted molar refractivity (Wildman–Crippen MR) is 133 cm³/mol. The number of rotatable bonds is 6. The van der Waals surface area contributed by atoms with Gasteiger partial charge in [0.05, 0.1) is 0 Å². The molecule has 180 valence electrons. The van der Waals surface area contributed by atoms with Gasteiger partial charge in [0.15, 0.2) is 0 Å². The molecule has 1 N–H and O–H groups in total. The topological polar surface area (TPSA) is 55.9 Å². The maximum Gasteiger partial charge on any atom is 0.317 e. The summed E-state index contributed by atoms with van der Waals surface area (Å²) in [4.78, 5) is 32.4. The minimum absolute atomic E-state index is 0.0603. The van der Waals surface area contributed by atoms with Gasteiger partial charge < -0.3 is 15.1 Å². The Labute approximate surface area is 202 Å². The molecule has 3 amide bonds. The van der Waals surface area contributed by atoms with Gasteiger partial charge in [-0.05, 0) is 68.2 Å². The standard InChI is InChI=1S/C28H36N4O2/c1-29-27(34)31-19-16-28(17-20-31)26(33)32(18-6-9-21-7-4-3-5-8-21)25(30(28)2)24-14-12-23(13-15-24)22-10-11-22/h3-5,7-8,12-15,22,25H,6,9-11,16-20H2,1-2H3,(H,29,34). The van der Waals surface area contributed by atoms with Gasteiger partial charge >= 0.3 is 6.03 Å². The zero-order valence-electron chi connectivity index (χ0n) is 20.4. The maximum atomic E-state index is 14.0. The molecule has 0 radical (unpaired) electrons. The number of nitrogens with one attached hydrogen (secondary N) is 1. The van der Waals surface area contributed by atoms with Crippen molar-refractivity contribution in [2.45, 2.75) is 56.1 Å². The summed E-state index contributed by atoms with van der Waals surface area (Å²) < 4.78 is 0. The minimum atomic E-state index is -0.545. The van der Waals surface area contributed by atoms with Crippen molar-refractivity contribution >= 4 is 11.9 Å². The molecule has 6 heteroatoms. The van der Waals surface area contributed by atoms with E-state index in [2.05, 4.69) is 70.7 Å². The quantitative estimate of drug-likeness (QED) is 0.705. The number of benzene rings is 2. The second-order valence-corrected chi connectivity index (χ2v) is 10.1. The number of piperidine rings is 1. The van der Waals surface area contributed by atoms with Crippen LogP contribution in [-0.2, 0) is 11.2 Å². The fraction of sp³-hybridized carbons (Fsp3) is 0.500. The molecule has 1 aliphatic carbocycles. The fourth-order valence-corrected chi connectivity index (χ4v) is 5.86. The van der Waals surface area contributed by atoms with Crippen LogP contribution in [0.3, 0.4) is 0 Å². The number of amides is 3. The predicted octanol–water partition coefficient (Wildman–Crippen LogP) is 4.14. The van der Waals surface area contributed by atoms with Gasteiger partial charge in [0, 0.05) is 26.7 Å². The Kier molecular flexibility index (Phi) is 6.34. The first-order valence-electron chi connectivity index (χ1n) is 12.7. The molecule has 2 aromatic carbocycles. The Hall–Kier alpha value is -2.86. The van der Waals surface area contributed by atoms with E-state index in [1.807, 2.05) is 11.0 Å². The number of hydrogen-bond acceptors (Lipinski definition) is 3. The monoisotopic (exact) mass is 460 g/mol. The van der Waals surface area contributed by atoms with E-state index >= 15 is 0 Å². The molecule has 0 bridgehead atoms. The van der Waals surface area contributed by atoms with Crippen LogP contribution in [0.4, 0.5) is 4.79 Å². The van der Waals surface area contributed by atoms with E-state index < -0.39 is 5.54 Å². The van der Waals surface area contributed by atoms with Gasteiger partial charge in [0.2, 0.25) is 5.91 Å². The van der Waals surface area contributed by atoms with Crippen LogP contribution in [0.25, 0.3) is 0 Å². The van der Waals surface area contributed by atoms with Crippen LogP contribution in [0.15, 0.2) is 54.6 Å². The summed E-state index contributed by atoms with van der Waals surface area (Å²) >= 11 is 0. The lowest BCUT2D eigenvalue weighted by Gasteiger charge is -2.42. The summed E-state index contributed by atoms with van der Waals surface area (Å²) in [6.07, 6.45) is 5.74. The maximum absolute atomic E-state index is 14.0. The molecule has 2 saturated heterocycles. The summed E-state index contributed by atoms with van der Waals surface area (Å²) in [6, 6.07) is 19.4. The van der Waals surface area contributed by atoms with E-state index in [-0.39, 0.29) is 18.1 Å². The first kappa shape index (κ1) is 22.9. The molecular weight excluding hydrogens is 424 g/mol. The van der Waals surface area contributed by atoms with E-state index in [0.29, 0.717) is 25.9 Å². The molecule has 2 heterocycles. The fourth-order valence-electron chi connectivity index (χ4n) is 5.86. The molecular formula is C28H36N4O2. The smallest absolute Gasteiger partial charge is 0.317 e. The third-order valence-electron chi connectivity index (χ3n) is 8.08. The summed E-state index contributed by atoms with van der Waals surface area (Å²) in [7, 11) is 3.76. The molecule has 3 fully saturated rings. The average Bonchev–Trinajstić information content (AvgIpc) is 3.71. The Morgan fingerprint density at radius 1 is 1.00 bits per heavy atom. The lowest BCUT2D eigenvalue weighted by atomic mass is 9.86. The molecule has 5 rings (SSSR count). The molecule has 1 unspecified atom stereocenters. The number of likely N-dealkylation sites (N-methyl/N-ethyl adjacent to an activating group) is 1. The third-order valence-corrected chi connectivity index (χ3v) is 8.08. The molecule has 34 heavy (non-hydrogen) atoms. The van der Waals surface area contributed by atoms with Crippen molar-refractivity contribution in [2.75, 3.05) is 33.7 Å². The molecule has 1 spiro atoms. The number of likely N-dealkylation sites (tertiary alicyclic amines) is 1. The lowest BCUT2D eigenvalue weighted by molar-refractivity contribution is -0.135. The van der Waals surface area contributed by atoms with Crippen molar-refractivity contribution in [1.82, 2.24) is 20.0 Å². The average molecular weight is 461 g/mol. The van der Waals surface area contributed by atoms with Crippen molar-refractivity contribution in [3.63, 3.8) is 0 Å². The van der Waals surface area contributed by atoms with Gasteiger partial charge in [-0.25, -0.2) is 4.79 Å². The molecule has 1 atom stereocenters. The minimum Gasteiger partial charge on any atom is -0.341 e. The Bertz CT molecular complexity index is 1010. The first-order chi connectivity index (χ1) is 16.5. The number of aryl methyl sites for hydroxylation is 1.